The van der Waals surface area contributed by atoms with Crippen LogP contribution in [0.25, 0.3) is 0 Å². The number of hydrogen-bond donors (Lipinski definition) is 2. The molecule has 5 heteroatoms. The molecule has 2 heterocycles. The third kappa shape index (κ3) is 2.43. The predicted molar refractivity (Wildman–Crippen MR) is 82.6 cm³/mol. The van der Waals surface area contributed by atoms with E-state index in [4.69, 9.17) is 20.3 Å². The summed E-state index contributed by atoms with van der Waals surface area (Å²) in [7, 11) is 0. The Labute approximate surface area is 130 Å². The third-order valence-corrected chi connectivity index (χ3v) is 4.57. The Bertz CT molecular complexity index is 587. The van der Waals surface area contributed by atoms with Crippen LogP contribution in [0.3, 0.4) is 0 Å². The van der Waals surface area contributed by atoms with Gasteiger partial charge in [0.25, 0.3) is 0 Å². The summed E-state index contributed by atoms with van der Waals surface area (Å²) in [5.74, 6) is 0.985. The Kier molecular flexibility index (Phi) is 3.77. The van der Waals surface area contributed by atoms with Crippen molar-refractivity contribution in [1.29, 1.82) is 0 Å². The highest BCUT2D eigenvalue weighted by Crippen LogP contribution is 2.48. The van der Waals surface area contributed by atoms with Gasteiger partial charge in [0.15, 0.2) is 0 Å². The molecule has 0 aliphatic carbocycles. The van der Waals surface area contributed by atoms with E-state index in [1.165, 1.54) is 5.56 Å². The summed E-state index contributed by atoms with van der Waals surface area (Å²) in [4.78, 5) is 10.8. The minimum absolute atomic E-state index is 0.0601. The van der Waals surface area contributed by atoms with Gasteiger partial charge < -0.3 is 20.3 Å². The minimum Gasteiger partial charge on any atom is -0.490 e. The summed E-state index contributed by atoms with van der Waals surface area (Å²) in [6.45, 7) is 6.16. The fourth-order valence-corrected chi connectivity index (χ4v) is 3.57. The number of nitrogens with two attached hydrogens (primary N) is 1. The quantitative estimate of drug-likeness (QED) is 0.893. The Morgan fingerprint density at radius 3 is 2.45 bits per heavy atom. The van der Waals surface area contributed by atoms with Gasteiger partial charge in [-0.1, -0.05) is 0 Å². The second-order valence-corrected chi connectivity index (χ2v) is 6.46. The first-order valence-electron chi connectivity index (χ1n) is 7.87. The smallest absolute Gasteiger partial charge is 0.303 e. The SMILES string of the molecule is Cc1c2c(c(C(N)CCC(=O)O)c3c1OC(C)C3)OC(C)C2. The molecule has 0 fully saturated rings. The molecular formula is C17H23NO4. The van der Waals surface area contributed by atoms with E-state index in [2.05, 4.69) is 6.92 Å². The van der Waals surface area contributed by atoms with Crippen LogP contribution in [0, 0.1) is 6.92 Å². The molecule has 0 saturated heterocycles. The number of carbonyl (C=O) groups is 1. The Hall–Kier alpha value is -1.75. The van der Waals surface area contributed by atoms with Crippen molar-refractivity contribution in [2.45, 2.75) is 64.7 Å². The highest BCUT2D eigenvalue weighted by molar-refractivity contribution is 5.67. The number of hydrogen-bond acceptors (Lipinski definition) is 4. The van der Waals surface area contributed by atoms with Gasteiger partial charge in [0, 0.05) is 42.0 Å². The first kappa shape index (κ1) is 15.2. The van der Waals surface area contributed by atoms with E-state index in [0.717, 1.165) is 41.0 Å². The van der Waals surface area contributed by atoms with E-state index in [1.807, 2.05) is 13.8 Å². The summed E-state index contributed by atoms with van der Waals surface area (Å²) in [6, 6.07) is -0.335. The van der Waals surface area contributed by atoms with Crippen molar-refractivity contribution in [1.82, 2.24) is 0 Å². The number of rotatable bonds is 4. The van der Waals surface area contributed by atoms with Gasteiger partial charge in [-0.15, -0.1) is 0 Å². The molecule has 1 aromatic rings. The van der Waals surface area contributed by atoms with Crippen molar-refractivity contribution < 1.29 is 19.4 Å². The van der Waals surface area contributed by atoms with Crippen LogP contribution in [0.4, 0.5) is 0 Å². The lowest BCUT2D eigenvalue weighted by Gasteiger charge is -2.20. The third-order valence-electron chi connectivity index (χ3n) is 4.57. The van der Waals surface area contributed by atoms with Crippen molar-refractivity contribution in [3.8, 4) is 11.5 Å². The molecule has 2 aliphatic heterocycles. The Morgan fingerprint density at radius 1 is 1.23 bits per heavy atom. The highest BCUT2D eigenvalue weighted by atomic mass is 16.5. The molecule has 3 N–H and O–H groups in total. The van der Waals surface area contributed by atoms with Gasteiger partial charge in [0.05, 0.1) is 0 Å². The molecule has 3 atom stereocenters. The molecule has 0 radical (unpaired) electrons. The average Bonchev–Trinajstić information content (AvgIpc) is 2.99. The zero-order valence-electron chi connectivity index (χ0n) is 13.3. The molecule has 0 aromatic heterocycles. The Morgan fingerprint density at radius 2 is 1.82 bits per heavy atom. The van der Waals surface area contributed by atoms with Gasteiger partial charge in [-0.3, -0.25) is 4.79 Å². The van der Waals surface area contributed by atoms with Crippen LogP contribution in [-0.2, 0) is 17.6 Å². The van der Waals surface area contributed by atoms with Crippen molar-refractivity contribution in [2.24, 2.45) is 5.73 Å². The monoisotopic (exact) mass is 305 g/mol. The fourth-order valence-electron chi connectivity index (χ4n) is 3.57. The van der Waals surface area contributed by atoms with Crippen LogP contribution in [0.2, 0.25) is 0 Å². The highest BCUT2D eigenvalue weighted by Gasteiger charge is 2.35. The summed E-state index contributed by atoms with van der Waals surface area (Å²) in [5.41, 5.74) is 10.7. The van der Waals surface area contributed by atoms with E-state index in [0.29, 0.717) is 6.42 Å². The van der Waals surface area contributed by atoms with Crippen molar-refractivity contribution >= 4 is 5.97 Å². The molecule has 22 heavy (non-hydrogen) atoms. The fraction of sp³-hybridized carbons (Fsp3) is 0.588. The number of fused-ring (bicyclic) bond motifs is 2. The lowest BCUT2D eigenvalue weighted by Crippen LogP contribution is -2.16. The maximum atomic E-state index is 10.8. The molecule has 0 spiro atoms. The summed E-state index contributed by atoms with van der Waals surface area (Å²) < 4.78 is 12.0. The first-order valence-corrected chi connectivity index (χ1v) is 7.87. The zero-order chi connectivity index (χ0) is 16.0. The van der Waals surface area contributed by atoms with Crippen molar-refractivity contribution in [2.75, 3.05) is 0 Å². The van der Waals surface area contributed by atoms with Crippen molar-refractivity contribution in [3.05, 3.63) is 22.3 Å². The lowest BCUT2D eigenvalue weighted by molar-refractivity contribution is -0.137. The number of carboxylic acid groups (broad SMARTS) is 1. The largest absolute Gasteiger partial charge is 0.490 e. The summed E-state index contributed by atoms with van der Waals surface area (Å²) in [5, 5.41) is 8.91. The minimum atomic E-state index is -0.824. The standard InChI is InChI=1S/C17H23NO4/c1-8-6-11-10(3)16-12(7-9(2)21-16)15(17(11)22-8)13(18)4-5-14(19)20/h8-9,13H,4-7,18H2,1-3H3,(H,19,20). The van der Waals surface area contributed by atoms with Gasteiger partial charge in [0.1, 0.15) is 23.7 Å². The van der Waals surface area contributed by atoms with E-state index < -0.39 is 5.97 Å². The van der Waals surface area contributed by atoms with Crippen LogP contribution in [0.5, 0.6) is 11.5 Å². The molecule has 0 saturated carbocycles. The van der Waals surface area contributed by atoms with E-state index >= 15 is 0 Å². The van der Waals surface area contributed by atoms with Crippen LogP contribution >= 0.6 is 0 Å². The summed E-state index contributed by atoms with van der Waals surface area (Å²) in [6.07, 6.45) is 2.37. The number of carboxylic acids is 1. The van der Waals surface area contributed by atoms with Crippen LogP contribution in [0.15, 0.2) is 0 Å². The second-order valence-electron chi connectivity index (χ2n) is 6.46. The summed E-state index contributed by atoms with van der Waals surface area (Å²) >= 11 is 0. The number of benzene rings is 1. The topological polar surface area (TPSA) is 81.8 Å². The molecule has 1 aromatic carbocycles. The first-order chi connectivity index (χ1) is 10.4. The molecule has 5 nitrogen and oxygen atoms in total. The predicted octanol–water partition coefficient (Wildman–Crippen LogP) is 2.51. The van der Waals surface area contributed by atoms with E-state index in [9.17, 15) is 4.79 Å². The van der Waals surface area contributed by atoms with E-state index in [1.54, 1.807) is 0 Å². The molecule has 2 aliphatic rings. The second kappa shape index (κ2) is 5.47. The molecule has 3 unspecified atom stereocenters. The van der Waals surface area contributed by atoms with Crippen LogP contribution < -0.4 is 15.2 Å². The van der Waals surface area contributed by atoms with Gasteiger partial charge in [-0.25, -0.2) is 0 Å². The zero-order valence-corrected chi connectivity index (χ0v) is 13.3. The lowest BCUT2D eigenvalue weighted by atomic mass is 9.89. The number of ether oxygens (including phenoxy) is 2. The van der Waals surface area contributed by atoms with Gasteiger partial charge in [-0.05, 0) is 32.8 Å². The Balaban J connectivity index is 2.07. The molecule has 3 rings (SSSR count). The molecule has 0 amide bonds. The van der Waals surface area contributed by atoms with E-state index in [-0.39, 0.29) is 24.7 Å². The number of aliphatic carboxylic acids is 1. The average molecular weight is 305 g/mol. The van der Waals surface area contributed by atoms with Crippen LogP contribution in [0.1, 0.15) is 55.0 Å². The van der Waals surface area contributed by atoms with Gasteiger partial charge in [0.2, 0.25) is 0 Å². The molecular weight excluding hydrogens is 282 g/mol. The van der Waals surface area contributed by atoms with Gasteiger partial charge >= 0.3 is 5.97 Å². The maximum absolute atomic E-state index is 10.8. The van der Waals surface area contributed by atoms with Crippen molar-refractivity contribution in [3.63, 3.8) is 0 Å². The van der Waals surface area contributed by atoms with Gasteiger partial charge in [-0.2, -0.15) is 0 Å². The molecule has 120 valence electrons. The van der Waals surface area contributed by atoms with Crippen LogP contribution in [-0.4, -0.2) is 23.3 Å². The maximum Gasteiger partial charge on any atom is 0.303 e. The normalized spacial score (nSPS) is 23.5. The molecule has 0 bridgehead atoms.